The first kappa shape index (κ1) is 20.0. The van der Waals surface area contributed by atoms with Gasteiger partial charge in [0.2, 0.25) is 5.91 Å². The summed E-state index contributed by atoms with van der Waals surface area (Å²) in [6, 6.07) is 10.3. The lowest BCUT2D eigenvalue weighted by Gasteiger charge is -2.34. The Kier molecular flexibility index (Phi) is 7.80. The summed E-state index contributed by atoms with van der Waals surface area (Å²) in [5.74, 6) is 0.308. The quantitative estimate of drug-likeness (QED) is 0.671. The predicted octanol–water partition coefficient (Wildman–Crippen LogP) is 3.36. The molecule has 1 saturated heterocycles. The van der Waals surface area contributed by atoms with Crippen LogP contribution in [0.1, 0.15) is 37.8 Å². The molecule has 0 atom stereocenters. The monoisotopic (exact) mass is 386 g/mol. The molecule has 27 heavy (non-hydrogen) atoms. The number of hydrogen-bond donors (Lipinski definition) is 1. The molecule has 146 valence electrons. The van der Waals surface area contributed by atoms with Crippen molar-refractivity contribution < 1.29 is 4.79 Å². The molecular weight excluding hydrogens is 356 g/mol. The van der Waals surface area contributed by atoms with Gasteiger partial charge >= 0.3 is 0 Å². The largest absolute Gasteiger partial charge is 0.340 e. The summed E-state index contributed by atoms with van der Waals surface area (Å²) in [5.41, 5.74) is 7.80. The van der Waals surface area contributed by atoms with E-state index < -0.39 is 0 Å². The van der Waals surface area contributed by atoms with Crippen LogP contribution in [-0.2, 0) is 11.3 Å². The van der Waals surface area contributed by atoms with Crippen molar-refractivity contribution in [2.24, 2.45) is 5.73 Å². The van der Waals surface area contributed by atoms with E-state index in [4.69, 9.17) is 10.7 Å². The molecule has 0 aliphatic carbocycles. The fourth-order valence-electron chi connectivity index (χ4n) is 3.41. The summed E-state index contributed by atoms with van der Waals surface area (Å²) < 4.78 is 0. The number of rotatable bonds is 9. The molecule has 1 amide bonds. The molecule has 1 aliphatic heterocycles. The summed E-state index contributed by atoms with van der Waals surface area (Å²) in [6.07, 6.45) is 4.97. The van der Waals surface area contributed by atoms with Crippen LogP contribution in [0.15, 0.2) is 35.7 Å². The standard InChI is InChI=1S/C21H30N4OS/c22-11-7-2-1-6-10-20(26)25-14-12-24(13-15-25)16-19-17-27-21(23-19)18-8-4-3-5-9-18/h3-5,8-9,17H,1-2,6-7,10-16,22H2. The highest BCUT2D eigenvalue weighted by Crippen LogP contribution is 2.24. The number of benzene rings is 1. The second kappa shape index (κ2) is 10.5. The number of carbonyl (C=O) groups is 1. The number of piperazine rings is 1. The SMILES string of the molecule is NCCCCCCC(=O)N1CCN(Cc2csc(-c3ccccc3)n2)CC1. The summed E-state index contributed by atoms with van der Waals surface area (Å²) in [5, 5.41) is 3.23. The summed E-state index contributed by atoms with van der Waals surface area (Å²) >= 11 is 1.70. The number of amides is 1. The zero-order valence-electron chi connectivity index (χ0n) is 16.0. The second-order valence-electron chi connectivity index (χ2n) is 7.12. The Morgan fingerprint density at radius 3 is 2.52 bits per heavy atom. The summed E-state index contributed by atoms with van der Waals surface area (Å²) in [7, 11) is 0. The van der Waals surface area contributed by atoms with Crippen molar-refractivity contribution in [1.29, 1.82) is 0 Å². The average molecular weight is 387 g/mol. The molecule has 0 bridgehead atoms. The van der Waals surface area contributed by atoms with E-state index >= 15 is 0 Å². The van der Waals surface area contributed by atoms with Crippen LogP contribution in [0.2, 0.25) is 0 Å². The number of nitrogens with two attached hydrogens (primary N) is 1. The van der Waals surface area contributed by atoms with E-state index in [1.54, 1.807) is 11.3 Å². The van der Waals surface area contributed by atoms with Crippen molar-refractivity contribution in [3.63, 3.8) is 0 Å². The van der Waals surface area contributed by atoms with Crippen molar-refractivity contribution in [3.8, 4) is 10.6 Å². The Bertz CT molecular complexity index is 695. The zero-order chi connectivity index (χ0) is 18.9. The first-order valence-corrected chi connectivity index (χ1v) is 10.8. The van der Waals surface area contributed by atoms with Gasteiger partial charge in [0.05, 0.1) is 5.69 Å². The van der Waals surface area contributed by atoms with Crippen molar-refractivity contribution >= 4 is 17.2 Å². The summed E-state index contributed by atoms with van der Waals surface area (Å²) in [6.45, 7) is 5.13. The van der Waals surface area contributed by atoms with E-state index in [0.29, 0.717) is 12.3 Å². The number of nitrogens with zero attached hydrogens (tertiary/aromatic N) is 3. The third-order valence-corrected chi connectivity index (χ3v) is 5.97. The Morgan fingerprint density at radius 2 is 1.78 bits per heavy atom. The van der Waals surface area contributed by atoms with Crippen LogP contribution in [0, 0.1) is 0 Å². The molecule has 1 aromatic heterocycles. The molecule has 5 nitrogen and oxygen atoms in total. The molecule has 1 fully saturated rings. The van der Waals surface area contributed by atoms with E-state index in [2.05, 4.69) is 22.4 Å². The first-order chi connectivity index (χ1) is 13.3. The maximum atomic E-state index is 12.3. The molecule has 0 saturated carbocycles. The van der Waals surface area contributed by atoms with E-state index in [-0.39, 0.29) is 0 Å². The Morgan fingerprint density at radius 1 is 1.04 bits per heavy atom. The Balaban J connectivity index is 1.39. The molecule has 2 N–H and O–H groups in total. The first-order valence-electron chi connectivity index (χ1n) is 9.96. The van der Waals surface area contributed by atoms with E-state index in [9.17, 15) is 4.79 Å². The van der Waals surface area contributed by atoms with Crippen molar-refractivity contribution in [2.45, 2.75) is 38.6 Å². The number of hydrogen-bond acceptors (Lipinski definition) is 5. The predicted molar refractivity (Wildman–Crippen MR) is 112 cm³/mol. The van der Waals surface area contributed by atoms with Crippen molar-refractivity contribution in [1.82, 2.24) is 14.8 Å². The molecule has 1 aliphatic rings. The van der Waals surface area contributed by atoms with Crippen LogP contribution in [0.4, 0.5) is 0 Å². The highest BCUT2D eigenvalue weighted by atomic mass is 32.1. The number of aromatic nitrogens is 1. The lowest BCUT2D eigenvalue weighted by molar-refractivity contribution is -0.133. The molecule has 0 radical (unpaired) electrons. The minimum Gasteiger partial charge on any atom is -0.340 e. The van der Waals surface area contributed by atoms with Crippen LogP contribution >= 0.6 is 11.3 Å². The number of carbonyl (C=O) groups excluding carboxylic acids is 1. The van der Waals surface area contributed by atoms with Gasteiger partial charge in [0.25, 0.3) is 0 Å². The van der Waals surface area contributed by atoms with E-state index in [1.807, 2.05) is 23.1 Å². The van der Waals surface area contributed by atoms with Crippen LogP contribution in [0.3, 0.4) is 0 Å². The van der Waals surface area contributed by atoms with Crippen LogP contribution in [0.25, 0.3) is 10.6 Å². The molecule has 6 heteroatoms. The minimum absolute atomic E-state index is 0.308. The van der Waals surface area contributed by atoms with Gasteiger partial charge in [-0.3, -0.25) is 9.69 Å². The topological polar surface area (TPSA) is 62.5 Å². The van der Waals surface area contributed by atoms with Gasteiger partial charge in [-0.1, -0.05) is 43.2 Å². The fraction of sp³-hybridized carbons (Fsp3) is 0.524. The van der Waals surface area contributed by atoms with Gasteiger partial charge in [-0.2, -0.15) is 0 Å². The molecule has 1 aromatic carbocycles. The zero-order valence-corrected chi connectivity index (χ0v) is 16.8. The van der Waals surface area contributed by atoms with E-state index in [1.165, 1.54) is 5.56 Å². The molecule has 2 heterocycles. The lowest BCUT2D eigenvalue weighted by Crippen LogP contribution is -2.48. The number of thiazole rings is 1. The molecule has 0 unspecified atom stereocenters. The van der Waals surface area contributed by atoms with Crippen molar-refractivity contribution in [2.75, 3.05) is 32.7 Å². The van der Waals surface area contributed by atoms with E-state index in [0.717, 1.165) is 75.7 Å². The highest BCUT2D eigenvalue weighted by Gasteiger charge is 2.21. The van der Waals surface area contributed by atoms with Gasteiger partial charge in [0.15, 0.2) is 0 Å². The average Bonchev–Trinajstić information content (AvgIpc) is 3.17. The van der Waals surface area contributed by atoms with Crippen LogP contribution < -0.4 is 5.73 Å². The Hall–Kier alpha value is -1.76. The normalized spacial score (nSPS) is 15.2. The molecule has 0 spiro atoms. The van der Waals surface area contributed by atoms with Crippen LogP contribution in [-0.4, -0.2) is 53.4 Å². The molecule has 2 aromatic rings. The third kappa shape index (κ3) is 6.13. The van der Waals surface area contributed by atoms with Crippen LogP contribution in [0.5, 0.6) is 0 Å². The maximum absolute atomic E-state index is 12.3. The van der Waals surface area contributed by atoms with Gasteiger partial charge in [-0.25, -0.2) is 4.98 Å². The number of unbranched alkanes of at least 4 members (excludes halogenated alkanes) is 3. The fourth-order valence-corrected chi connectivity index (χ4v) is 4.23. The van der Waals surface area contributed by atoms with Gasteiger partial charge in [-0.05, 0) is 19.4 Å². The Labute approximate surface area is 166 Å². The minimum atomic E-state index is 0.308. The smallest absolute Gasteiger partial charge is 0.222 e. The highest BCUT2D eigenvalue weighted by molar-refractivity contribution is 7.13. The molecule has 3 rings (SSSR count). The second-order valence-corrected chi connectivity index (χ2v) is 7.98. The third-order valence-electron chi connectivity index (χ3n) is 5.03. The van der Waals surface area contributed by atoms with Gasteiger partial charge < -0.3 is 10.6 Å². The van der Waals surface area contributed by atoms with Crippen molar-refractivity contribution in [3.05, 3.63) is 41.4 Å². The van der Waals surface area contributed by atoms with Gasteiger partial charge in [0, 0.05) is 50.1 Å². The van der Waals surface area contributed by atoms with Gasteiger partial charge in [0.1, 0.15) is 5.01 Å². The van der Waals surface area contributed by atoms with Gasteiger partial charge in [-0.15, -0.1) is 11.3 Å². The lowest BCUT2D eigenvalue weighted by atomic mass is 10.1. The molecular formula is C21H30N4OS. The summed E-state index contributed by atoms with van der Waals surface area (Å²) in [4.78, 5) is 21.5. The maximum Gasteiger partial charge on any atom is 0.222 e.